The van der Waals surface area contributed by atoms with Crippen molar-refractivity contribution in [2.45, 2.75) is 6.92 Å². The predicted molar refractivity (Wildman–Crippen MR) is 89.6 cm³/mol. The molecule has 23 heavy (non-hydrogen) atoms. The normalized spacial score (nSPS) is 10.7. The highest BCUT2D eigenvalue weighted by Gasteiger charge is 2.18. The van der Waals surface area contributed by atoms with E-state index in [1.807, 2.05) is 37.1 Å². The van der Waals surface area contributed by atoms with Crippen molar-refractivity contribution >= 4 is 34.3 Å². The van der Waals surface area contributed by atoms with Crippen LogP contribution in [0.1, 0.15) is 16.1 Å². The summed E-state index contributed by atoms with van der Waals surface area (Å²) in [5.74, 6) is 0. The summed E-state index contributed by atoms with van der Waals surface area (Å²) in [6, 6.07) is 12.1. The molecule has 116 valence electrons. The molecule has 0 atom stereocenters. The molecule has 3 rings (SSSR count). The molecule has 1 N–H and O–H groups in total. The van der Waals surface area contributed by atoms with Gasteiger partial charge in [-0.3, -0.25) is 14.9 Å². The van der Waals surface area contributed by atoms with E-state index in [9.17, 15) is 14.9 Å². The highest BCUT2D eigenvalue weighted by molar-refractivity contribution is 6.05. The van der Waals surface area contributed by atoms with Gasteiger partial charge in [-0.05, 0) is 30.7 Å². The van der Waals surface area contributed by atoms with Crippen molar-refractivity contribution in [3.63, 3.8) is 0 Å². The number of aldehydes is 1. The highest BCUT2D eigenvalue weighted by Crippen LogP contribution is 2.36. The smallest absolute Gasteiger partial charge is 0.269 e. The number of nitrogens with zero attached hydrogens (tertiary/aromatic N) is 2. The molecule has 0 aliphatic heterocycles. The first-order valence-electron chi connectivity index (χ1n) is 7.07. The maximum Gasteiger partial charge on any atom is 0.269 e. The number of aromatic nitrogens is 1. The first-order valence-corrected chi connectivity index (χ1v) is 7.07. The lowest BCUT2D eigenvalue weighted by atomic mass is 10.1. The zero-order valence-electron chi connectivity index (χ0n) is 12.7. The molecule has 0 fully saturated rings. The number of rotatable bonds is 4. The van der Waals surface area contributed by atoms with Crippen LogP contribution in [-0.2, 0) is 0 Å². The fourth-order valence-electron chi connectivity index (χ4n) is 2.79. The number of hydrogen-bond donors (Lipinski definition) is 1. The summed E-state index contributed by atoms with van der Waals surface area (Å²) in [5.41, 5.74) is 3.99. The fraction of sp³-hybridized carbons (Fsp3) is 0.118. The van der Waals surface area contributed by atoms with Gasteiger partial charge in [0.1, 0.15) is 5.69 Å². The molecule has 6 nitrogen and oxygen atoms in total. The number of non-ortho nitro benzene ring substituents is 1. The number of H-pyrrole nitrogens is 1. The third kappa shape index (κ3) is 2.44. The predicted octanol–water partition coefficient (Wildman–Crippen LogP) is 3.96. The summed E-state index contributed by atoms with van der Waals surface area (Å²) in [7, 11) is 1.84. The van der Waals surface area contributed by atoms with Crippen LogP contribution in [-0.4, -0.2) is 23.2 Å². The molecule has 1 heterocycles. The molecule has 6 heteroatoms. The average molecular weight is 309 g/mol. The minimum atomic E-state index is -0.434. The van der Waals surface area contributed by atoms with Gasteiger partial charge in [-0.25, -0.2) is 0 Å². The molecule has 0 aliphatic rings. The standard InChI is InChI=1S/C17H15N3O3/c1-11-4-3-5-14-16(11)17(15(10-21)18-14)19(2)12-6-8-13(9-7-12)20(22)23/h3-10,18H,1-2H3. The molecule has 0 saturated carbocycles. The number of nitrogens with one attached hydrogen (secondary N) is 1. The number of fused-ring (bicyclic) bond motifs is 1. The maximum absolute atomic E-state index is 11.4. The van der Waals surface area contributed by atoms with Crippen LogP contribution in [0.5, 0.6) is 0 Å². The lowest BCUT2D eigenvalue weighted by Gasteiger charge is -2.20. The Bertz CT molecular complexity index is 897. The van der Waals surface area contributed by atoms with Crippen LogP contribution < -0.4 is 4.90 Å². The lowest BCUT2D eigenvalue weighted by Crippen LogP contribution is -2.11. The Morgan fingerprint density at radius 3 is 2.48 bits per heavy atom. The molecule has 0 amide bonds. The van der Waals surface area contributed by atoms with Gasteiger partial charge in [0.2, 0.25) is 0 Å². The maximum atomic E-state index is 11.4. The highest BCUT2D eigenvalue weighted by atomic mass is 16.6. The van der Waals surface area contributed by atoms with E-state index in [1.165, 1.54) is 12.1 Å². The number of benzene rings is 2. The number of nitro groups is 1. The number of nitro benzene ring substituents is 1. The Morgan fingerprint density at radius 2 is 1.87 bits per heavy atom. The molecule has 1 aromatic heterocycles. The number of aromatic amines is 1. The summed E-state index contributed by atoms with van der Waals surface area (Å²) in [5, 5.41) is 11.7. The number of anilines is 2. The Labute approximate surface area is 132 Å². The zero-order chi connectivity index (χ0) is 16.6. The second kappa shape index (κ2) is 5.57. The van der Waals surface area contributed by atoms with Gasteiger partial charge in [-0.2, -0.15) is 0 Å². The number of hydrogen-bond acceptors (Lipinski definition) is 4. The molecular formula is C17H15N3O3. The van der Waals surface area contributed by atoms with Crippen LogP contribution in [0.15, 0.2) is 42.5 Å². The van der Waals surface area contributed by atoms with Crippen LogP contribution in [0.4, 0.5) is 17.1 Å². The second-order valence-electron chi connectivity index (χ2n) is 5.34. The molecule has 0 radical (unpaired) electrons. The minimum absolute atomic E-state index is 0.0351. The van der Waals surface area contributed by atoms with Crippen LogP contribution in [0.25, 0.3) is 10.9 Å². The van der Waals surface area contributed by atoms with Gasteiger partial charge in [0, 0.05) is 35.8 Å². The summed E-state index contributed by atoms with van der Waals surface area (Å²) in [4.78, 5) is 26.8. The molecule has 0 aliphatic carbocycles. The number of aryl methyl sites for hydroxylation is 1. The van der Waals surface area contributed by atoms with Crippen LogP contribution in [0.2, 0.25) is 0 Å². The second-order valence-corrected chi connectivity index (χ2v) is 5.34. The SMILES string of the molecule is Cc1cccc2[nH]c(C=O)c(N(C)c3ccc([N+](=O)[O-])cc3)c12. The summed E-state index contributed by atoms with van der Waals surface area (Å²) in [6.45, 7) is 1.98. The van der Waals surface area contributed by atoms with E-state index < -0.39 is 4.92 Å². The third-order valence-corrected chi connectivity index (χ3v) is 3.94. The Balaban J connectivity index is 2.15. The van der Waals surface area contributed by atoms with Gasteiger partial charge in [0.15, 0.2) is 6.29 Å². The summed E-state index contributed by atoms with van der Waals surface area (Å²) in [6.07, 6.45) is 0.788. The summed E-state index contributed by atoms with van der Waals surface area (Å²) >= 11 is 0. The largest absolute Gasteiger partial charge is 0.351 e. The Morgan fingerprint density at radius 1 is 1.17 bits per heavy atom. The lowest BCUT2D eigenvalue weighted by molar-refractivity contribution is -0.384. The van der Waals surface area contributed by atoms with Gasteiger partial charge in [-0.15, -0.1) is 0 Å². The average Bonchev–Trinajstić information content (AvgIpc) is 2.94. The van der Waals surface area contributed by atoms with Gasteiger partial charge < -0.3 is 9.88 Å². The first kappa shape index (κ1) is 14.8. The van der Waals surface area contributed by atoms with E-state index >= 15 is 0 Å². The molecule has 0 bridgehead atoms. The topological polar surface area (TPSA) is 79.2 Å². The van der Waals surface area contributed by atoms with E-state index in [1.54, 1.807) is 12.1 Å². The van der Waals surface area contributed by atoms with Gasteiger partial charge in [0.05, 0.1) is 10.6 Å². The molecule has 0 unspecified atom stereocenters. The van der Waals surface area contributed by atoms with Crippen molar-refractivity contribution in [1.29, 1.82) is 0 Å². The van der Waals surface area contributed by atoms with Crippen LogP contribution in [0, 0.1) is 17.0 Å². The monoisotopic (exact) mass is 309 g/mol. The molecular weight excluding hydrogens is 294 g/mol. The van der Waals surface area contributed by atoms with Gasteiger partial charge in [-0.1, -0.05) is 12.1 Å². The van der Waals surface area contributed by atoms with Crippen molar-refractivity contribution in [2.75, 3.05) is 11.9 Å². The van der Waals surface area contributed by atoms with Crippen LogP contribution >= 0.6 is 0 Å². The first-order chi connectivity index (χ1) is 11.0. The van der Waals surface area contributed by atoms with Crippen LogP contribution in [0.3, 0.4) is 0 Å². The molecule has 0 spiro atoms. The van der Waals surface area contributed by atoms with Gasteiger partial charge in [0.25, 0.3) is 5.69 Å². The third-order valence-electron chi connectivity index (χ3n) is 3.94. The van der Waals surface area contributed by atoms with E-state index in [4.69, 9.17) is 0 Å². The van der Waals surface area contributed by atoms with Gasteiger partial charge >= 0.3 is 0 Å². The van der Waals surface area contributed by atoms with E-state index in [0.717, 1.165) is 34.1 Å². The minimum Gasteiger partial charge on any atom is -0.351 e. The molecule has 2 aromatic carbocycles. The molecule has 0 saturated heterocycles. The van der Waals surface area contributed by atoms with E-state index in [0.29, 0.717) is 5.69 Å². The van der Waals surface area contributed by atoms with E-state index in [-0.39, 0.29) is 5.69 Å². The van der Waals surface area contributed by atoms with Crippen molar-refractivity contribution in [2.24, 2.45) is 0 Å². The molecule has 3 aromatic rings. The Kier molecular flexibility index (Phi) is 3.57. The van der Waals surface area contributed by atoms with Crippen molar-refractivity contribution in [3.8, 4) is 0 Å². The van der Waals surface area contributed by atoms with Crippen molar-refractivity contribution in [3.05, 3.63) is 63.8 Å². The Hall–Kier alpha value is -3.15. The number of carbonyl (C=O) groups is 1. The fourth-order valence-corrected chi connectivity index (χ4v) is 2.79. The quantitative estimate of drug-likeness (QED) is 0.449. The van der Waals surface area contributed by atoms with Crippen molar-refractivity contribution in [1.82, 2.24) is 4.98 Å². The number of carbonyl (C=O) groups excluding carboxylic acids is 1. The van der Waals surface area contributed by atoms with Crippen molar-refractivity contribution < 1.29 is 9.72 Å². The zero-order valence-corrected chi connectivity index (χ0v) is 12.7. The van der Waals surface area contributed by atoms with E-state index in [2.05, 4.69) is 4.98 Å². The summed E-state index contributed by atoms with van der Waals surface area (Å²) < 4.78 is 0.